The van der Waals surface area contributed by atoms with Crippen molar-refractivity contribution in [1.82, 2.24) is 4.98 Å². The third-order valence-corrected chi connectivity index (χ3v) is 6.91. The Morgan fingerprint density at radius 1 is 1.37 bits per heavy atom. The molecule has 1 saturated carbocycles. The van der Waals surface area contributed by atoms with E-state index in [1.165, 1.54) is 11.3 Å². The van der Waals surface area contributed by atoms with Gasteiger partial charge < -0.3 is 0 Å². The lowest BCUT2D eigenvalue weighted by Gasteiger charge is -2.21. The number of hydrogen-bond donors (Lipinski definition) is 0. The highest BCUT2D eigenvalue weighted by atomic mass is 32.2. The van der Waals surface area contributed by atoms with E-state index < -0.39 is 9.84 Å². The summed E-state index contributed by atoms with van der Waals surface area (Å²) in [6, 6.07) is 2.09. The highest BCUT2D eigenvalue weighted by molar-refractivity contribution is 7.91. The van der Waals surface area contributed by atoms with Crippen LogP contribution in [0.5, 0.6) is 0 Å². The number of sulfone groups is 1. The first-order valence-electron chi connectivity index (χ1n) is 6.67. The molecular weight excluding hydrogens is 280 g/mol. The zero-order chi connectivity index (χ0) is 13.9. The molecule has 6 heteroatoms. The van der Waals surface area contributed by atoms with Crippen LogP contribution in [0.15, 0.2) is 0 Å². The van der Waals surface area contributed by atoms with Crippen LogP contribution in [0.2, 0.25) is 0 Å². The van der Waals surface area contributed by atoms with E-state index in [1.807, 2.05) is 6.92 Å². The molecule has 1 aliphatic rings. The molecule has 0 amide bonds. The Balaban J connectivity index is 2.15. The standard InChI is InChI=1S/C13H18N2O2S2/c1-2-11-12(8-14)18-13(15-11)9-19(16,17)10-6-4-3-5-7-10/h10H,2-7,9H2,1H3. The number of rotatable bonds is 4. The minimum Gasteiger partial charge on any atom is -0.244 e. The molecule has 1 heterocycles. The van der Waals surface area contributed by atoms with Gasteiger partial charge in [-0.15, -0.1) is 11.3 Å². The van der Waals surface area contributed by atoms with Gasteiger partial charge >= 0.3 is 0 Å². The Morgan fingerprint density at radius 3 is 2.58 bits per heavy atom. The number of nitriles is 1. The van der Waals surface area contributed by atoms with Crippen molar-refractivity contribution < 1.29 is 8.42 Å². The van der Waals surface area contributed by atoms with E-state index in [-0.39, 0.29) is 11.0 Å². The van der Waals surface area contributed by atoms with Gasteiger partial charge in [-0.1, -0.05) is 26.2 Å². The van der Waals surface area contributed by atoms with Gasteiger partial charge in [-0.05, 0) is 19.3 Å². The van der Waals surface area contributed by atoms with Crippen LogP contribution in [-0.4, -0.2) is 18.7 Å². The van der Waals surface area contributed by atoms with Gasteiger partial charge in [-0.2, -0.15) is 5.26 Å². The quantitative estimate of drug-likeness (QED) is 0.857. The zero-order valence-electron chi connectivity index (χ0n) is 11.1. The van der Waals surface area contributed by atoms with E-state index in [0.717, 1.165) is 37.8 Å². The highest BCUT2D eigenvalue weighted by Gasteiger charge is 2.28. The Kier molecular flexibility index (Phi) is 4.58. The first-order chi connectivity index (χ1) is 9.06. The van der Waals surface area contributed by atoms with Gasteiger partial charge in [-0.25, -0.2) is 13.4 Å². The fraction of sp³-hybridized carbons (Fsp3) is 0.692. The van der Waals surface area contributed by atoms with Crippen molar-refractivity contribution in [3.05, 3.63) is 15.6 Å². The minimum absolute atomic E-state index is 0.00296. The monoisotopic (exact) mass is 298 g/mol. The molecule has 0 spiro atoms. The maximum absolute atomic E-state index is 12.3. The van der Waals surface area contributed by atoms with Crippen LogP contribution in [0.3, 0.4) is 0 Å². The fourth-order valence-electron chi connectivity index (χ4n) is 2.50. The summed E-state index contributed by atoms with van der Waals surface area (Å²) in [5, 5.41) is 9.34. The Labute approximate surface area is 118 Å². The van der Waals surface area contributed by atoms with E-state index in [4.69, 9.17) is 5.26 Å². The van der Waals surface area contributed by atoms with Gasteiger partial charge in [-0.3, -0.25) is 0 Å². The molecule has 4 nitrogen and oxygen atoms in total. The van der Waals surface area contributed by atoms with E-state index in [0.29, 0.717) is 16.3 Å². The summed E-state index contributed by atoms with van der Waals surface area (Å²) in [6.07, 6.45) is 5.38. The van der Waals surface area contributed by atoms with Crippen LogP contribution in [0.4, 0.5) is 0 Å². The molecule has 1 aromatic heterocycles. The van der Waals surface area contributed by atoms with Crippen LogP contribution < -0.4 is 0 Å². The second-order valence-corrected chi connectivity index (χ2v) is 8.28. The Bertz CT molecular complexity index is 578. The molecule has 0 bridgehead atoms. The fourth-order valence-corrected chi connectivity index (χ4v) is 5.67. The second kappa shape index (κ2) is 6.02. The van der Waals surface area contributed by atoms with E-state index in [9.17, 15) is 8.42 Å². The molecule has 1 aromatic rings. The van der Waals surface area contributed by atoms with Crippen LogP contribution in [-0.2, 0) is 22.0 Å². The maximum Gasteiger partial charge on any atom is 0.159 e. The van der Waals surface area contributed by atoms with Gasteiger partial charge in [0.1, 0.15) is 21.7 Å². The van der Waals surface area contributed by atoms with Gasteiger partial charge in [0, 0.05) is 0 Å². The van der Waals surface area contributed by atoms with Crippen molar-refractivity contribution in [1.29, 1.82) is 5.26 Å². The summed E-state index contributed by atoms with van der Waals surface area (Å²) in [5.41, 5.74) is 0.723. The predicted molar refractivity (Wildman–Crippen MR) is 75.7 cm³/mol. The number of hydrogen-bond acceptors (Lipinski definition) is 5. The molecule has 0 saturated heterocycles. The Morgan fingerprint density at radius 2 is 2.05 bits per heavy atom. The van der Waals surface area contributed by atoms with Gasteiger partial charge in [0.25, 0.3) is 0 Å². The third kappa shape index (κ3) is 3.34. The van der Waals surface area contributed by atoms with Crippen molar-refractivity contribution in [2.75, 3.05) is 0 Å². The van der Waals surface area contributed by atoms with Crippen LogP contribution in [0.1, 0.15) is 54.6 Å². The van der Waals surface area contributed by atoms with E-state index >= 15 is 0 Å². The summed E-state index contributed by atoms with van der Waals surface area (Å²) >= 11 is 1.22. The van der Waals surface area contributed by atoms with Gasteiger partial charge in [0.15, 0.2) is 9.84 Å². The molecule has 0 N–H and O–H groups in total. The first-order valence-corrected chi connectivity index (χ1v) is 9.20. The summed E-state index contributed by atoms with van der Waals surface area (Å²) in [5.74, 6) is -0.00296. The van der Waals surface area contributed by atoms with Crippen molar-refractivity contribution in [3.63, 3.8) is 0 Å². The predicted octanol–water partition coefficient (Wildman–Crippen LogP) is 2.82. The maximum atomic E-state index is 12.3. The van der Waals surface area contributed by atoms with Crippen molar-refractivity contribution in [2.24, 2.45) is 0 Å². The number of aromatic nitrogens is 1. The third-order valence-electron chi connectivity index (χ3n) is 3.56. The molecule has 0 unspecified atom stereocenters. The van der Waals surface area contributed by atoms with Gasteiger partial charge in [0.2, 0.25) is 0 Å². The topological polar surface area (TPSA) is 70.8 Å². The lowest BCUT2D eigenvalue weighted by atomic mass is 10.0. The summed E-state index contributed by atoms with van der Waals surface area (Å²) in [7, 11) is -3.12. The lowest BCUT2D eigenvalue weighted by Crippen LogP contribution is -2.25. The smallest absolute Gasteiger partial charge is 0.159 e. The second-order valence-electron chi connectivity index (χ2n) is 4.92. The largest absolute Gasteiger partial charge is 0.244 e. The number of thiazole rings is 1. The molecule has 0 aromatic carbocycles. The zero-order valence-corrected chi connectivity index (χ0v) is 12.7. The number of nitrogens with zero attached hydrogens (tertiary/aromatic N) is 2. The average Bonchev–Trinajstić information content (AvgIpc) is 2.81. The highest BCUT2D eigenvalue weighted by Crippen LogP contribution is 2.28. The molecule has 0 aliphatic heterocycles. The molecule has 1 fully saturated rings. The van der Waals surface area contributed by atoms with E-state index in [2.05, 4.69) is 11.1 Å². The minimum atomic E-state index is -3.12. The molecule has 104 valence electrons. The molecular formula is C13H18N2O2S2. The van der Waals surface area contributed by atoms with Crippen molar-refractivity contribution >= 4 is 21.2 Å². The molecule has 2 rings (SSSR count). The summed E-state index contributed by atoms with van der Waals surface area (Å²) in [6.45, 7) is 1.93. The van der Waals surface area contributed by atoms with Crippen LogP contribution >= 0.6 is 11.3 Å². The summed E-state index contributed by atoms with van der Waals surface area (Å²) in [4.78, 5) is 4.85. The molecule has 0 atom stereocenters. The van der Waals surface area contributed by atoms with Crippen LogP contribution in [0, 0.1) is 11.3 Å². The SMILES string of the molecule is CCc1nc(CS(=O)(=O)C2CCCCC2)sc1C#N. The lowest BCUT2D eigenvalue weighted by molar-refractivity contribution is 0.483. The first kappa shape index (κ1) is 14.5. The van der Waals surface area contributed by atoms with E-state index in [1.54, 1.807) is 0 Å². The molecule has 0 radical (unpaired) electrons. The number of aryl methyl sites for hydroxylation is 1. The van der Waals surface area contributed by atoms with Crippen molar-refractivity contribution in [2.45, 2.75) is 56.5 Å². The van der Waals surface area contributed by atoms with Crippen molar-refractivity contribution in [3.8, 4) is 6.07 Å². The molecule has 1 aliphatic carbocycles. The molecule has 19 heavy (non-hydrogen) atoms. The summed E-state index contributed by atoms with van der Waals surface area (Å²) < 4.78 is 24.7. The Hall–Kier alpha value is -0.930. The van der Waals surface area contributed by atoms with Crippen LogP contribution in [0.25, 0.3) is 0 Å². The van der Waals surface area contributed by atoms with Gasteiger partial charge in [0.05, 0.1) is 10.9 Å². The normalized spacial score (nSPS) is 17.3. The average molecular weight is 298 g/mol.